The van der Waals surface area contributed by atoms with Gasteiger partial charge in [0.15, 0.2) is 0 Å². The van der Waals surface area contributed by atoms with Gasteiger partial charge in [-0.05, 0) is 31.5 Å². The number of hydrogen-bond donors (Lipinski definition) is 2. The summed E-state index contributed by atoms with van der Waals surface area (Å²) in [5, 5.41) is 5.35. The van der Waals surface area contributed by atoms with Crippen molar-refractivity contribution >= 4 is 30.7 Å². The van der Waals surface area contributed by atoms with Crippen LogP contribution in [0.15, 0.2) is 36.7 Å². The zero-order valence-corrected chi connectivity index (χ0v) is 16.0. The monoisotopic (exact) mass is 406 g/mol. The maximum absolute atomic E-state index is 13.2. The Bertz CT molecular complexity index is 737. The van der Waals surface area contributed by atoms with E-state index < -0.39 is 30.8 Å². The second-order valence-corrected chi connectivity index (χ2v) is 6.16. The fourth-order valence-corrected chi connectivity index (χ4v) is 2.87. The number of carbonyl (C=O) groups is 1. The van der Waals surface area contributed by atoms with Crippen LogP contribution >= 0.6 is 24.8 Å². The van der Waals surface area contributed by atoms with Gasteiger partial charge < -0.3 is 9.88 Å². The van der Waals surface area contributed by atoms with Crippen LogP contribution in [0.4, 0.5) is 8.78 Å². The van der Waals surface area contributed by atoms with E-state index in [4.69, 9.17) is 0 Å². The summed E-state index contributed by atoms with van der Waals surface area (Å²) in [5.41, 5.74) is 1.89. The van der Waals surface area contributed by atoms with Crippen molar-refractivity contribution in [2.45, 2.75) is 38.3 Å². The molecule has 2 N–H and O–H groups in total. The summed E-state index contributed by atoms with van der Waals surface area (Å²) >= 11 is 0. The summed E-state index contributed by atoms with van der Waals surface area (Å²) in [4.78, 5) is 16.3. The van der Waals surface area contributed by atoms with E-state index in [2.05, 4.69) is 15.6 Å². The minimum atomic E-state index is -2.81. The molecule has 1 aromatic carbocycles. The molecule has 0 bridgehead atoms. The van der Waals surface area contributed by atoms with Gasteiger partial charge in [0.25, 0.3) is 5.92 Å². The van der Waals surface area contributed by atoms with E-state index in [1.165, 1.54) is 0 Å². The van der Waals surface area contributed by atoms with E-state index in [-0.39, 0.29) is 30.9 Å². The molecule has 2 heterocycles. The average molecular weight is 407 g/mol. The molecule has 0 spiro atoms. The Labute approximate surface area is 163 Å². The second-order valence-electron chi connectivity index (χ2n) is 6.16. The average Bonchev–Trinajstić information content (AvgIpc) is 3.12. The molecule has 26 heavy (non-hydrogen) atoms. The first kappa shape index (κ1) is 22.3. The molecule has 2 aromatic rings. The van der Waals surface area contributed by atoms with Crippen molar-refractivity contribution in [3.05, 3.63) is 48.0 Å². The summed E-state index contributed by atoms with van der Waals surface area (Å²) in [5.74, 6) is -2.32. The molecule has 5 nitrogen and oxygen atoms in total. The summed E-state index contributed by atoms with van der Waals surface area (Å²) in [6.45, 7) is 3.31. The topological polar surface area (TPSA) is 59.0 Å². The second kappa shape index (κ2) is 8.79. The molecule has 1 aromatic heterocycles. The van der Waals surface area contributed by atoms with E-state index >= 15 is 0 Å². The Morgan fingerprint density at radius 2 is 2.00 bits per heavy atom. The molecule has 1 aliphatic heterocycles. The lowest BCUT2D eigenvalue weighted by Crippen LogP contribution is -2.41. The van der Waals surface area contributed by atoms with Gasteiger partial charge in [-0.1, -0.05) is 12.1 Å². The molecule has 0 radical (unpaired) electrons. The van der Waals surface area contributed by atoms with Gasteiger partial charge in [0, 0.05) is 24.5 Å². The largest absolute Gasteiger partial charge is 0.348 e. The smallest absolute Gasteiger partial charge is 0.262 e. The molecule has 2 atom stereocenters. The normalized spacial score (nSPS) is 19.2. The number of alkyl halides is 2. The molecule has 3 rings (SSSR count). The van der Waals surface area contributed by atoms with Crippen molar-refractivity contribution in [3.63, 3.8) is 0 Å². The van der Waals surface area contributed by atoms with Gasteiger partial charge >= 0.3 is 0 Å². The summed E-state index contributed by atoms with van der Waals surface area (Å²) < 4.78 is 28.3. The lowest BCUT2D eigenvalue weighted by molar-refractivity contribution is -0.124. The SMILES string of the molecule is Cc1nccn1-c1ccc(C(C)NC(=O)C2CC(F)(F)CN2)cc1.Cl.Cl. The molecule has 0 saturated carbocycles. The molecule has 0 aliphatic carbocycles. The van der Waals surface area contributed by atoms with Gasteiger partial charge in [-0.25, -0.2) is 13.8 Å². The first-order valence-corrected chi connectivity index (χ1v) is 7.87. The van der Waals surface area contributed by atoms with Crippen LogP contribution < -0.4 is 10.6 Å². The summed E-state index contributed by atoms with van der Waals surface area (Å²) in [7, 11) is 0. The maximum Gasteiger partial charge on any atom is 0.262 e. The predicted molar refractivity (Wildman–Crippen MR) is 101 cm³/mol. The highest BCUT2D eigenvalue weighted by Crippen LogP contribution is 2.25. The van der Waals surface area contributed by atoms with Crippen LogP contribution in [-0.4, -0.2) is 34.0 Å². The lowest BCUT2D eigenvalue weighted by atomic mass is 10.1. The Hall–Kier alpha value is -1.70. The summed E-state index contributed by atoms with van der Waals surface area (Å²) in [6.07, 6.45) is 3.16. The number of benzene rings is 1. The highest BCUT2D eigenvalue weighted by atomic mass is 35.5. The number of aryl methyl sites for hydroxylation is 1. The van der Waals surface area contributed by atoms with Crippen molar-refractivity contribution in [1.29, 1.82) is 0 Å². The van der Waals surface area contributed by atoms with Crippen LogP contribution in [0, 0.1) is 6.92 Å². The van der Waals surface area contributed by atoms with Gasteiger partial charge in [0.1, 0.15) is 5.82 Å². The van der Waals surface area contributed by atoms with Crippen LogP contribution in [0.25, 0.3) is 5.69 Å². The van der Waals surface area contributed by atoms with Gasteiger partial charge in [-0.2, -0.15) is 0 Å². The Balaban J connectivity index is 0.00000169. The summed E-state index contributed by atoms with van der Waals surface area (Å²) in [6, 6.07) is 6.61. The number of rotatable bonds is 4. The third-order valence-electron chi connectivity index (χ3n) is 4.28. The number of aromatic nitrogens is 2. The predicted octanol–water partition coefficient (Wildman–Crippen LogP) is 3.20. The standard InChI is InChI=1S/C17H20F2N4O.2ClH/c1-11(22-16(24)15-9-17(18,19)10-21-15)13-3-5-14(6-4-13)23-8-7-20-12(23)2;;/h3-8,11,15,21H,9-10H2,1-2H3,(H,22,24);2*1H. The van der Waals surface area contributed by atoms with Crippen LogP contribution in [0.3, 0.4) is 0 Å². The first-order valence-electron chi connectivity index (χ1n) is 7.87. The first-order chi connectivity index (χ1) is 11.4. The van der Waals surface area contributed by atoms with Gasteiger partial charge in [-0.15, -0.1) is 24.8 Å². The Morgan fingerprint density at radius 1 is 1.35 bits per heavy atom. The quantitative estimate of drug-likeness (QED) is 0.819. The van der Waals surface area contributed by atoms with Crippen LogP contribution in [0.2, 0.25) is 0 Å². The third-order valence-corrected chi connectivity index (χ3v) is 4.28. The highest BCUT2D eigenvalue weighted by Gasteiger charge is 2.42. The maximum atomic E-state index is 13.2. The molecule has 9 heteroatoms. The highest BCUT2D eigenvalue weighted by molar-refractivity contribution is 5.85. The van der Waals surface area contributed by atoms with Gasteiger partial charge in [0.2, 0.25) is 5.91 Å². The number of hydrogen-bond acceptors (Lipinski definition) is 3. The van der Waals surface area contributed by atoms with Crippen LogP contribution in [-0.2, 0) is 4.79 Å². The molecule has 1 amide bonds. The molecular weight excluding hydrogens is 385 g/mol. The van der Waals surface area contributed by atoms with E-state index in [1.54, 1.807) is 6.20 Å². The molecule has 1 fully saturated rings. The Kier molecular flexibility index (Phi) is 7.56. The molecule has 144 valence electrons. The van der Waals surface area contributed by atoms with Crippen molar-refractivity contribution in [1.82, 2.24) is 20.2 Å². The zero-order chi connectivity index (χ0) is 17.3. The number of nitrogens with one attached hydrogen (secondary N) is 2. The van der Waals surface area contributed by atoms with Crippen molar-refractivity contribution in [2.24, 2.45) is 0 Å². The van der Waals surface area contributed by atoms with Crippen LogP contribution in [0.5, 0.6) is 0 Å². The van der Waals surface area contributed by atoms with E-state index in [0.29, 0.717) is 0 Å². The minimum Gasteiger partial charge on any atom is -0.348 e. The number of carbonyl (C=O) groups excluding carboxylic acids is 1. The number of halogens is 4. The molecule has 2 unspecified atom stereocenters. The molecule has 1 saturated heterocycles. The number of amides is 1. The van der Waals surface area contributed by atoms with Crippen molar-refractivity contribution in [2.75, 3.05) is 6.54 Å². The van der Waals surface area contributed by atoms with E-state index in [9.17, 15) is 13.6 Å². The molecule has 1 aliphatic rings. The lowest BCUT2D eigenvalue weighted by Gasteiger charge is -2.18. The fourth-order valence-electron chi connectivity index (χ4n) is 2.87. The van der Waals surface area contributed by atoms with Gasteiger partial charge in [0.05, 0.1) is 18.6 Å². The Morgan fingerprint density at radius 3 is 2.50 bits per heavy atom. The molecular formula is C17H22Cl2F2N4O. The zero-order valence-electron chi connectivity index (χ0n) is 14.4. The third kappa shape index (κ3) is 4.93. The van der Waals surface area contributed by atoms with Crippen LogP contribution in [0.1, 0.15) is 30.8 Å². The minimum absolute atomic E-state index is 0. The van der Waals surface area contributed by atoms with Gasteiger partial charge in [-0.3, -0.25) is 10.1 Å². The van der Waals surface area contributed by atoms with Crippen molar-refractivity contribution in [3.8, 4) is 5.69 Å². The number of imidazole rings is 1. The van der Waals surface area contributed by atoms with E-state index in [0.717, 1.165) is 17.1 Å². The van der Waals surface area contributed by atoms with E-state index in [1.807, 2.05) is 48.9 Å². The van der Waals surface area contributed by atoms with Crippen molar-refractivity contribution < 1.29 is 13.6 Å². The number of nitrogens with zero attached hydrogens (tertiary/aromatic N) is 2. The fraction of sp³-hybridized carbons (Fsp3) is 0.412.